The molecular weight excluding hydrogens is 200 g/mol. The minimum Gasteiger partial charge on any atom is -0.612 e. The van der Waals surface area contributed by atoms with E-state index >= 15 is 0 Å². The predicted octanol–water partition coefficient (Wildman–Crippen LogP) is 1.52. The Balaban J connectivity index is 3.13. The van der Waals surface area contributed by atoms with Crippen molar-refractivity contribution in [2.75, 3.05) is 13.4 Å². The molecule has 0 spiro atoms. The van der Waals surface area contributed by atoms with Crippen molar-refractivity contribution in [1.29, 1.82) is 0 Å². The van der Waals surface area contributed by atoms with Crippen LogP contribution in [0.25, 0.3) is 0 Å². The second-order valence-electron chi connectivity index (χ2n) is 2.98. The molecule has 0 saturated carbocycles. The van der Waals surface area contributed by atoms with Crippen molar-refractivity contribution in [2.45, 2.75) is 11.8 Å². The molecule has 0 heterocycles. The fourth-order valence-corrected chi connectivity index (χ4v) is 1.79. The summed E-state index contributed by atoms with van der Waals surface area (Å²) in [6, 6.07) is 5.10. The van der Waals surface area contributed by atoms with Crippen molar-refractivity contribution < 1.29 is 14.1 Å². The summed E-state index contributed by atoms with van der Waals surface area (Å²) in [4.78, 5) is 11.9. The lowest BCUT2D eigenvalue weighted by molar-refractivity contribution is 0.0600. The van der Waals surface area contributed by atoms with Gasteiger partial charge in [0.25, 0.3) is 0 Å². The first-order valence-electron chi connectivity index (χ1n) is 4.08. The van der Waals surface area contributed by atoms with Gasteiger partial charge in [0.15, 0.2) is 4.90 Å². The van der Waals surface area contributed by atoms with E-state index in [1.54, 1.807) is 24.5 Å². The summed E-state index contributed by atoms with van der Waals surface area (Å²) in [6.07, 6.45) is 1.58. The summed E-state index contributed by atoms with van der Waals surface area (Å²) >= 11 is -1.08. The van der Waals surface area contributed by atoms with E-state index < -0.39 is 17.1 Å². The van der Waals surface area contributed by atoms with Crippen molar-refractivity contribution in [3.8, 4) is 0 Å². The maximum Gasteiger partial charge on any atom is 0.338 e. The molecule has 1 aromatic carbocycles. The quantitative estimate of drug-likeness (QED) is 0.551. The zero-order valence-corrected chi connectivity index (χ0v) is 9.18. The van der Waals surface area contributed by atoms with Crippen LogP contribution in [0.5, 0.6) is 0 Å². The van der Waals surface area contributed by atoms with Gasteiger partial charge in [-0.05, 0) is 35.8 Å². The van der Waals surface area contributed by atoms with Gasteiger partial charge in [0.2, 0.25) is 0 Å². The number of aryl methyl sites for hydroxylation is 1. The van der Waals surface area contributed by atoms with E-state index in [0.29, 0.717) is 10.5 Å². The van der Waals surface area contributed by atoms with E-state index in [0.717, 1.165) is 5.56 Å². The summed E-state index contributed by atoms with van der Waals surface area (Å²) in [5, 5.41) is 0. The van der Waals surface area contributed by atoms with Gasteiger partial charge in [-0.1, -0.05) is 0 Å². The lowest BCUT2D eigenvalue weighted by Gasteiger charge is -2.07. The van der Waals surface area contributed by atoms with Crippen molar-refractivity contribution in [2.24, 2.45) is 0 Å². The molecule has 0 aliphatic rings. The SMILES string of the molecule is COC(=O)c1cc(C)cc([S+](C)[O-])c1. The molecule has 1 unspecified atom stereocenters. The van der Waals surface area contributed by atoms with Crippen LogP contribution in [-0.4, -0.2) is 23.9 Å². The van der Waals surface area contributed by atoms with E-state index in [1.165, 1.54) is 7.11 Å². The van der Waals surface area contributed by atoms with Gasteiger partial charge in [-0.15, -0.1) is 0 Å². The van der Waals surface area contributed by atoms with Crippen LogP contribution >= 0.6 is 0 Å². The van der Waals surface area contributed by atoms with E-state index in [-0.39, 0.29) is 0 Å². The molecule has 1 rings (SSSR count). The molecule has 0 amide bonds. The van der Waals surface area contributed by atoms with Gasteiger partial charge in [0.05, 0.1) is 12.7 Å². The van der Waals surface area contributed by atoms with Gasteiger partial charge in [0, 0.05) is 6.07 Å². The van der Waals surface area contributed by atoms with E-state index in [9.17, 15) is 9.35 Å². The molecule has 0 saturated heterocycles. The van der Waals surface area contributed by atoms with Gasteiger partial charge in [-0.25, -0.2) is 4.79 Å². The monoisotopic (exact) mass is 212 g/mol. The summed E-state index contributed by atoms with van der Waals surface area (Å²) < 4.78 is 15.8. The summed E-state index contributed by atoms with van der Waals surface area (Å²) in [6.45, 7) is 1.85. The first-order chi connectivity index (χ1) is 6.54. The van der Waals surface area contributed by atoms with Gasteiger partial charge in [-0.3, -0.25) is 0 Å². The van der Waals surface area contributed by atoms with Crippen LogP contribution in [0.2, 0.25) is 0 Å². The Bertz CT molecular complexity index is 347. The minimum atomic E-state index is -1.08. The molecule has 14 heavy (non-hydrogen) atoms. The molecule has 3 nitrogen and oxygen atoms in total. The third-order valence-electron chi connectivity index (χ3n) is 1.80. The smallest absolute Gasteiger partial charge is 0.338 e. The van der Waals surface area contributed by atoms with Crippen molar-refractivity contribution in [3.05, 3.63) is 29.3 Å². The van der Waals surface area contributed by atoms with Crippen LogP contribution in [0.3, 0.4) is 0 Å². The van der Waals surface area contributed by atoms with Crippen LogP contribution in [0.4, 0.5) is 0 Å². The minimum absolute atomic E-state index is 0.402. The Hall–Kier alpha value is -1.00. The Labute approximate surface area is 86.3 Å². The molecule has 0 bridgehead atoms. The average Bonchev–Trinajstić information content (AvgIpc) is 2.15. The van der Waals surface area contributed by atoms with E-state index in [1.807, 2.05) is 6.92 Å². The first kappa shape index (κ1) is 11.1. The fourth-order valence-electron chi connectivity index (χ4n) is 1.15. The molecule has 0 N–H and O–H groups in total. The average molecular weight is 212 g/mol. The zero-order valence-electron chi connectivity index (χ0n) is 8.37. The van der Waals surface area contributed by atoms with Crippen LogP contribution < -0.4 is 0 Å². The summed E-state index contributed by atoms with van der Waals surface area (Å²) in [7, 11) is 1.33. The van der Waals surface area contributed by atoms with Gasteiger partial charge < -0.3 is 9.29 Å². The highest BCUT2D eigenvalue weighted by molar-refractivity contribution is 7.90. The van der Waals surface area contributed by atoms with Gasteiger partial charge in [-0.2, -0.15) is 0 Å². The molecule has 1 aromatic rings. The predicted molar refractivity (Wildman–Crippen MR) is 54.9 cm³/mol. The molecule has 0 aliphatic carbocycles. The molecular formula is C10H12O3S. The highest BCUT2D eigenvalue weighted by Crippen LogP contribution is 2.15. The molecule has 76 valence electrons. The second kappa shape index (κ2) is 4.48. The highest BCUT2D eigenvalue weighted by Gasteiger charge is 2.11. The molecule has 1 atom stereocenters. The van der Waals surface area contributed by atoms with E-state index in [2.05, 4.69) is 4.74 Å². The Morgan fingerprint density at radius 3 is 2.57 bits per heavy atom. The Morgan fingerprint density at radius 1 is 1.43 bits per heavy atom. The largest absolute Gasteiger partial charge is 0.612 e. The lowest BCUT2D eigenvalue weighted by atomic mass is 10.1. The van der Waals surface area contributed by atoms with Crippen molar-refractivity contribution in [3.63, 3.8) is 0 Å². The van der Waals surface area contributed by atoms with Crippen molar-refractivity contribution >= 4 is 17.1 Å². The summed E-state index contributed by atoms with van der Waals surface area (Å²) in [5.41, 5.74) is 1.34. The zero-order chi connectivity index (χ0) is 10.7. The van der Waals surface area contributed by atoms with E-state index in [4.69, 9.17) is 0 Å². The second-order valence-corrected chi connectivity index (χ2v) is 4.36. The lowest BCUT2D eigenvalue weighted by Crippen LogP contribution is -2.05. The van der Waals surface area contributed by atoms with Crippen molar-refractivity contribution in [1.82, 2.24) is 0 Å². The number of rotatable bonds is 2. The third-order valence-corrected chi connectivity index (χ3v) is 2.70. The molecule has 4 heteroatoms. The number of hydrogen-bond acceptors (Lipinski definition) is 3. The Morgan fingerprint density at radius 2 is 2.07 bits per heavy atom. The number of carbonyl (C=O) groups excluding carboxylic acids is 1. The maximum atomic E-state index is 11.2. The number of esters is 1. The third kappa shape index (κ3) is 2.49. The number of carbonyl (C=O) groups is 1. The van der Waals surface area contributed by atoms with Crippen LogP contribution in [-0.2, 0) is 15.9 Å². The van der Waals surface area contributed by atoms with Crippen LogP contribution in [0, 0.1) is 6.92 Å². The maximum absolute atomic E-state index is 11.2. The van der Waals surface area contributed by atoms with Gasteiger partial charge >= 0.3 is 5.97 Å². The van der Waals surface area contributed by atoms with Crippen LogP contribution in [0.15, 0.2) is 23.1 Å². The number of hydrogen-bond donors (Lipinski definition) is 0. The Kier molecular flexibility index (Phi) is 3.55. The number of methoxy groups -OCH3 is 1. The van der Waals surface area contributed by atoms with Gasteiger partial charge in [0.1, 0.15) is 6.26 Å². The standard InChI is InChI=1S/C10H12O3S/c1-7-4-8(10(11)13-2)6-9(5-7)14(3)12/h4-6H,1-3H3. The first-order valence-corrected chi connectivity index (χ1v) is 5.64. The normalized spacial score (nSPS) is 12.3. The topological polar surface area (TPSA) is 49.4 Å². The fraction of sp³-hybridized carbons (Fsp3) is 0.300. The molecule has 0 fully saturated rings. The molecule has 0 aromatic heterocycles. The highest BCUT2D eigenvalue weighted by atomic mass is 32.2. The number of benzene rings is 1. The van der Waals surface area contributed by atoms with Crippen LogP contribution in [0.1, 0.15) is 15.9 Å². The molecule has 0 radical (unpaired) electrons. The summed E-state index contributed by atoms with van der Waals surface area (Å²) in [5.74, 6) is -0.402. The molecule has 0 aliphatic heterocycles. The number of ether oxygens (including phenoxy) is 1.